The molecule has 0 bridgehead atoms. The molecule has 18 heavy (non-hydrogen) atoms. The van der Waals surface area contributed by atoms with Gasteiger partial charge in [0.2, 0.25) is 0 Å². The molecule has 98 valence electrons. The minimum atomic E-state index is 0.451. The lowest BCUT2D eigenvalue weighted by Gasteiger charge is -2.23. The molecule has 0 aliphatic carbocycles. The van der Waals surface area contributed by atoms with Crippen molar-refractivity contribution in [1.29, 1.82) is 0 Å². The van der Waals surface area contributed by atoms with Crippen LogP contribution in [-0.4, -0.2) is 11.5 Å². The molecule has 2 aromatic heterocycles. The fraction of sp³-hybridized carbons (Fsp3) is 0.500. The Kier molecular flexibility index (Phi) is 4.92. The van der Waals surface area contributed by atoms with Gasteiger partial charge >= 0.3 is 0 Å². The van der Waals surface area contributed by atoms with Gasteiger partial charge in [0.25, 0.3) is 0 Å². The van der Waals surface area contributed by atoms with Crippen molar-refractivity contribution >= 4 is 22.7 Å². The van der Waals surface area contributed by atoms with Gasteiger partial charge in [-0.3, -0.25) is 0 Å². The molecule has 2 atom stereocenters. The Bertz CT molecular complexity index is 434. The first-order valence-electron chi connectivity index (χ1n) is 6.34. The van der Waals surface area contributed by atoms with E-state index in [1.165, 1.54) is 9.88 Å². The van der Waals surface area contributed by atoms with Gasteiger partial charge in [-0.25, -0.2) is 4.98 Å². The molecule has 0 saturated heterocycles. The van der Waals surface area contributed by atoms with Crippen molar-refractivity contribution in [3.63, 3.8) is 0 Å². The molecule has 2 nitrogen and oxygen atoms in total. The minimum Gasteiger partial charge on any atom is -0.308 e. The van der Waals surface area contributed by atoms with Gasteiger partial charge in [-0.2, -0.15) is 0 Å². The number of nitrogens with zero attached hydrogens (tertiary/aromatic N) is 1. The summed E-state index contributed by atoms with van der Waals surface area (Å²) in [6, 6.07) is 4.80. The van der Waals surface area contributed by atoms with Gasteiger partial charge < -0.3 is 5.32 Å². The predicted octanol–water partition coefficient (Wildman–Crippen LogP) is 4.30. The summed E-state index contributed by atoms with van der Waals surface area (Å²) in [6.45, 7) is 7.75. The summed E-state index contributed by atoms with van der Waals surface area (Å²) in [7, 11) is 0. The Labute approximate surface area is 117 Å². The maximum Gasteiger partial charge on any atom is 0.0965 e. The summed E-state index contributed by atoms with van der Waals surface area (Å²) in [6.07, 6.45) is 1.88. The fourth-order valence-electron chi connectivity index (χ4n) is 2.00. The van der Waals surface area contributed by atoms with Gasteiger partial charge in [-0.05, 0) is 17.4 Å². The molecule has 0 amide bonds. The van der Waals surface area contributed by atoms with Crippen LogP contribution in [0, 0.1) is 5.92 Å². The minimum absolute atomic E-state index is 0.451. The predicted molar refractivity (Wildman–Crippen MR) is 80.4 cm³/mol. The SMILES string of the molecule is CC(CNC(c1cccs1)C(C)C)c1nccs1. The normalized spacial score (nSPS) is 14.9. The van der Waals surface area contributed by atoms with Crippen LogP contribution in [0.15, 0.2) is 29.1 Å². The Morgan fingerprint density at radius 1 is 1.22 bits per heavy atom. The molecule has 0 aliphatic heterocycles. The monoisotopic (exact) mass is 280 g/mol. The molecule has 0 spiro atoms. The lowest BCUT2D eigenvalue weighted by molar-refractivity contribution is 0.407. The van der Waals surface area contributed by atoms with Crippen molar-refractivity contribution in [1.82, 2.24) is 10.3 Å². The molecule has 2 rings (SSSR count). The Morgan fingerprint density at radius 3 is 2.61 bits per heavy atom. The van der Waals surface area contributed by atoms with Crippen molar-refractivity contribution in [2.75, 3.05) is 6.54 Å². The molecular weight excluding hydrogens is 260 g/mol. The quantitative estimate of drug-likeness (QED) is 0.853. The van der Waals surface area contributed by atoms with Crippen molar-refractivity contribution < 1.29 is 0 Å². The van der Waals surface area contributed by atoms with Crippen LogP contribution in [0.5, 0.6) is 0 Å². The summed E-state index contributed by atoms with van der Waals surface area (Å²) < 4.78 is 0. The summed E-state index contributed by atoms with van der Waals surface area (Å²) in [5.74, 6) is 1.08. The average molecular weight is 280 g/mol. The van der Waals surface area contributed by atoms with Crippen LogP contribution in [0.4, 0.5) is 0 Å². The van der Waals surface area contributed by atoms with Crippen LogP contribution in [0.2, 0.25) is 0 Å². The highest BCUT2D eigenvalue weighted by atomic mass is 32.1. The summed E-state index contributed by atoms with van der Waals surface area (Å²) >= 11 is 3.57. The number of hydrogen-bond donors (Lipinski definition) is 1. The maximum absolute atomic E-state index is 4.38. The molecule has 0 radical (unpaired) electrons. The highest BCUT2D eigenvalue weighted by molar-refractivity contribution is 7.10. The van der Waals surface area contributed by atoms with E-state index >= 15 is 0 Å². The summed E-state index contributed by atoms with van der Waals surface area (Å²) in [5, 5.41) is 9.10. The van der Waals surface area contributed by atoms with E-state index in [0.29, 0.717) is 17.9 Å². The standard InChI is InChI=1S/C14H20N2S2/c1-10(2)13(12-5-4-7-17-12)16-9-11(3)14-15-6-8-18-14/h4-8,10-11,13,16H,9H2,1-3H3. The molecule has 2 aromatic rings. The molecule has 2 heterocycles. The first kappa shape index (κ1) is 13.7. The van der Waals surface area contributed by atoms with E-state index in [2.05, 4.69) is 48.6 Å². The van der Waals surface area contributed by atoms with E-state index in [0.717, 1.165) is 6.54 Å². The van der Waals surface area contributed by atoms with Gasteiger partial charge in [0.1, 0.15) is 0 Å². The zero-order chi connectivity index (χ0) is 13.0. The topological polar surface area (TPSA) is 24.9 Å². The fourth-order valence-corrected chi connectivity index (χ4v) is 3.67. The first-order chi connectivity index (χ1) is 8.68. The molecule has 0 saturated carbocycles. The second-order valence-electron chi connectivity index (χ2n) is 4.92. The molecule has 1 N–H and O–H groups in total. The molecule has 0 aromatic carbocycles. The summed E-state index contributed by atoms with van der Waals surface area (Å²) in [5.41, 5.74) is 0. The van der Waals surface area contributed by atoms with E-state index in [1.807, 2.05) is 22.9 Å². The molecule has 0 fully saturated rings. The lowest BCUT2D eigenvalue weighted by atomic mass is 10.0. The van der Waals surface area contributed by atoms with E-state index < -0.39 is 0 Å². The van der Waals surface area contributed by atoms with Crippen LogP contribution >= 0.6 is 22.7 Å². The maximum atomic E-state index is 4.38. The number of rotatable bonds is 6. The third kappa shape index (κ3) is 3.40. The first-order valence-corrected chi connectivity index (χ1v) is 8.10. The van der Waals surface area contributed by atoms with Crippen LogP contribution in [-0.2, 0) is 0 Å². The zero-order valence-electron chi connectivity index (χ0n) is 11.1. The molecule has 4 heteroatoms. The lowest BCUT2D eigenvalue weighted by Crippen LogP contribution is -2.28. The smallest absolute Gasteiger partial charge is 0.0965 e. The number of aromatic nitrogens is 1. The van der Waals surface area contributed by atoms with Gasteiger partial charge in [0.15, 0.2) is 0 Å². The van der Waals surface area contributed by atoms with Crippen LogP contribution in [0.3, 0.4) is 0 Å². The zero-order valence-corrected chi connectivity index (χ0v) is 12.7. The van der Waals surface area contributed by atoms with Crippen molar-refractivity contribution in [3.05, 3.63) is 39.0 Å². The third-order valence-corrected chi connectivity index (χ3v) is 5.00. The highest BCUT2D eigenvalue weighted by Crippen LogP contribution is 2.26. The van der Waals surface area contributed by atoms with E-state index in [-0.39, 0.29) is 0 Å². The molecule has 2 unspecified atom stereocenters. The summed E-state index contributed by atoms with van der Waals surface area (Å²) in [4.78, 5) is 5.81. The van der Waals surface area contributed by atoms with E-state index in [9.17, 15) is 0 Å². The largest absolute Gasteiger partial charge is 0.308 e. The second-order valence-corrected chi connectivity index (χ2v) is 6.82. The molecular formula is C14H20N2S2. The average Bonchev–Trinajstić information content (AvgIpc) is 3.01. The van der Waals surface area contributed by atoms with Gasteiger partial charge in [-0.15, -0.1) is 22.7 Å². The number of thiophene rings is 1. The van der Waals surface area contributed by atoms with Crippen molar-refractivity contribution in [3.8, 4) is 0 Å². The van der Waals surface area contributed by atoms with Gasteiger partial charge in [0, 0.05) is 35.0 Å². The van der Waals surface area contributed by atoms with Crippen LogP contribution < -0.4 is 5.32 Å². The van der Waals surface area contributed by atoms with E-state index in [1.54, 1.807) is 11.3 Å². The van der Waals surface area contributed by atoms with E-state index in [4.69, 9.17) is 0 Å². The van der Waals surface area contributed by atoms with Crippen LogP contribution in [0.1, 0.15) is 42.6 Å². The second kappa shape index (κ2) is 6.45. The highest BCUT2D eigenvalue weighted by Gasteiger charge is 2.18. The van der Waals surface area contributed by atoms with Gasteiger partial charge in [-0.1, -0.05) is 26.8 Å². The number of hydrogen-bond acceptors (Lipinski definition) is 4. The van der Waals surface area contributed by atoms with Crippen molar-refractivity contribution in [2.45, 2.75) is 32.7 Å². The molecule has 0 aliphatic rings. The Hall–Kier alpha value is -0.710. The Morgan fingerprint density at radius 2 is 2.06 bits per heavy atom. The van der Waals surface area contributed by atoms with Crippen LogP contribution in [0.25, 0.3) is 0 Å². The Balaban J connectivity index is 1.94. The number of thiazole rings is 1. The van der Waals surface area contributed by atoms with Gasteiger partial charge in [0.05, 0.1) is 5.01 Å². The van der Waals surface area contributed by atoms with Crippen molar-refractivity contribution in [2.24, 2.45) is 5.92 Å². The number of nitrogens with one attached hydrogen (secondary N) is 1. The third-order valence-electron chi connectivity index (χ3n) is 3.03.